The van der Waals surface area contributed by atoms with Crippen molar-refractivity contribution in [2.75, 3.05) is 6.54 Å². The summed E-state index contributed by atoms with van der Waals surface area (Å²) in [5.41, 5.74) is 0. The first kappa shape index (κ1) is 12.0. The van der Waals surface area contributed by atoms with Crippen LogP contribution < -0.4 is 5.32 Å². The van der Waals surface area contributed by atoms with Crippen molar-refractivity contribution in [3.63, 3.8) is 0 Å². The van der Waals surface area contributed by atoms with Gasteiger partial charge >= 0.3 is 0 Å². The van der Waals surface area contributed by atoms with Gasteiger partial charge in [-0.05, 0) is 44.6 Å². The summed E-state index contributed by atoms with van der Waals surface area (Å²) < 4.78 is 5.57. The molecule has 92 valence electrons. The number of hydrogen-bond acceptors (Lipinski definition) is 2. The average molecular weight is 223 g/mol. The zero-order valence-electron chi connectivity index (χ0n) is 10.5. The van der Waals surface area contributed by atoms with E-state index in [0.29, 0.717) is 12.1 Å². The van der Waals surface area contributed by atoms with E-state index >= 15 is 0 Å². The molecule has 1 saturated carbocycles. The molecule has 0 radical (unpaired) electrons. The van der Waals surface area contributed by atoms with Crippen LogP contribution in [-0.2, 0) is 4.74 Å². The van der Waals surface area contributed by atoms with Crippen molar-refractivity contribution >= 4 is 0 Å². The van der Waals surface area contributed by atoms with Gasteiger partial charge in [0.15, 0.2) is 0 Å². The molecule has 1 N–H and O–H groups in total. The molecule has 2 rings (SSSR count). The monoisotopic (exact) mass is 223 g/mol. The fourth-order valence-corrected chi connectivity index (χ4v) is 2.85. The zero-order chi connectivity index (χ0) is 11.2. The maximum absolute atomic E-state index is 5.57. The number of hydrogen-bond donors (Lipinski definition) is 1. The summed E-state index contributed by atoms with van der Waals surface area (Å²) in [6, 6.07) is 0.662. The highest BCUT2D eigenvalue weighted by Crippen LogP contribution is 2.26. The first-order valence-corrected chi connectivity index (χ1v) is 6.90. The van der Waals surface area contributed by atoms with E-state index in [-0.39, 0.29) is 0 Å². The summed E-state index contributed by atoms with van der Waals surface area (Å²) >= 11 is 0. The predicted octanol–water partition coefficient (Wildman–Crippen LogP) is 3.24. The predicted molar refractivity (Wildman–Crippen MR) is 67.3 cm³/mol. The molecule has 1 heterocycles. The number of nitrogens with one attached hydrogen (secondary N) is 1. The van der Waals surface area contributed by atoms with E-state index in [4.69, 9.17) is 4.74 Å². The van der Waals surface area contributed by atoms with Gasteiger partial charge in [-0.1, -0.05) is 19.3 Å². The van der Waals surface area contributed by atoms with Gasteiger partial charge in [0.2, 0.25) is 0 Å². The summed E-state index contributed by atoms with van der Waals surface area (Å²) in [5.74, 6) is 0.896. The lowest BCUT2D eigenvalue weighted by atomic mass is 9.84. The third-order valence-electron chi connectivity index (χ3n) is 4.05. The standard InChI is InChI=1S/C14H25NO/c1-12(13-7-3-2-4-8-13)15-11-14-9-5-6-10-16-14/h6,10,12-15H,2-5,7-9,11H2,1H3/t12-,14?/m0/s1. The molecule has 0 aromatic heterocycles. The minimum Gasteiger partial charge on any atom is -0.497 e. The van der Waals surface area contributed by atoms with Gasteiger partial charge in [0.1, 0.15) is 6.10 Å². The van der Waals surface area contributed by atoms with Crippen LogP contribution in [0.2, 0.25) is 0 Å². The third-order valence-corrected chi connectivity index (χ3v) is 4.05. The Bertz CT molecular complexity index is 221. The molecule has 16 heavy (non-hydrogen) atoms. The topological polar surface area (TPSA) is 21.3 Å². The van der Waals surface area contributed by atoms with E-state index in [9.17, 15) is 0 Å². The van der Waals surface area contributed by atoms with E-state index < -0.39 is 0 Å². The first-order chi connectivity index (χ1) is 7.86. The first-order valence-electron chi connectivity index (χ1n) is 6.90. The Morgan fingerprint density at radius 1 is 1.25 bits per heavy atom. The van der Waals surface area contributed by atoms with Gasteiger partial charge in [-0.3, -0.25) is 0 Å². The maximum Gasteiger partial charge on any atom is 0.110 e. The van der Waals surface area contributed by atoms with E-state index in [1.165, 1.54) is 44.9 Å². The van der Waals surface area contributed by atoms with E-state index in [1.807, 2.05) is 6.26 Å². The van der Waals surface area contributed by atoms with Crippen LogP contribution >= 0.6 is 0 Å². The van der Waals surface area contributed by atoms with E-state index in [2.05, 4.69) is 18.3 Å². The van der Waals surface area contributed by atoms with Crippen LogP contribution in [0, 0.1) is 5.92 Å². The van der Waals surface area contributed by atoms with Crippen molar-refractivity contribution in [3.05, 3.63) is 12.3 Å². The van der Waals surface area contributed by atoms with Gasteiger partial charge in [-0.2, -0.15) is 0 Å². The molecule has 0 spiro atoms. The SMILES string of the molecule is C[C@H](NCC1CCC=CO1)C1CCCCC1. The maximum atomic E-state index is 5.57. The molecule has 0 aromatic carbocycles. The van der Waals surface area contributed by atoms with Crippen LogP contribution in [0.25, 0.3) is 0 Å². The quantitative estimate of drug-likeness (QED) is 0.790. The molecule has 0 bridgehead atoms. The highest BCUT2D eigenvalue weighted by molar-refractivity contribution is 4.84. The summed E-state index contributed by atoms with van der Waals surface area (Å²) in [4.78, 5) is 0. The highest BCUT2D eigenvalue weighted by atomic mass is 16.5. The molecule has 2 atom stereocenters. The fourth-order valence-electron chi connectivity index (χ4n) is 2.85. The lowest BCUT2D eigenvalue weighted by Crippen LogP contribution is -2.40. The zero-order valence-corrected chi connectivity index (χ0v) is 10.5. The molecule has 2 heteroatoms. The molecule has 1 fully saturated rings. The lowest BCUT2D eigenvalue weighted by molar-refractivity contribution is 0.115. The van der Waals surface area contributed by atoms with Gasteiger partial charge in [-0.15, -0.1) is 0 Å². The molecular weight excluding hydrogens is 198 g/mol. The molecule has 0 saturated heterocycles. The molecule has 1 aliphatic heterocycles. The minimum atomic E-state index is 0.399. The van der Waals surface area contributed by atoms with Crippen molar-refractivity contribution in [1.29, 1.82) is 0 Å². The Balaban J connectivity index is 1.66. The molecule has 0 amide bonds. The van der Waals surface area contributed by atoms with Crippen molar-refractivity contribution < 1.29 is 4.74 Å². The molecule has 1 aliphatic carbocycles. The summed E-state index contributed by atoms with van der Waals surface area (Å²) in [5, 5.41) is 3.66. The van der Waals surface area contributed by atoms with Gasteiger partial charge < -0.3 is 10.1 Å². The van der Waals surface area contributed by atoms with Crippen LogP contribution in [0.4, 0.5) is 0 Å². The molecule has 0 aromatic rings. The average Bonchev–Trinajstić information content (AvgIpc) is 2.38. The van der Waals surface area contributed by atoms with Crippen LogP contribution in [0.5, 0.6) is 0 Å². The minimum absolute atomic E-state index is 0.399. The smallest absolute Gasteiger partial charge is 0.110 e. The van der Waals surface area contributed by atoms with Gasteiger partial charge in [0, 0.05) is 12.6 Å². The number of allylic oxidation sites excluding steroid dienone is 1. The van der Waals surface area contributed by atoms with E-state index in [0.717, 1.165) is 12.5 Å². The molecule has 2 aliphatic rings. The van der Waals surface area contributed by atoms with Gasteiger partial charge in [-0.25, -0.2) is 0 Å². The van der Waals surface area contributed by atoms with Crippen molar-refractivity contribution in [2.24, 2.45) is 5.92 Å². The Hall–Kier alpha value is -0.500. The Labute approximate surface area is 99.4 Å². The number of ether oxygens (including phenoxy) is 1. The summed E-state index contributed by atoms with van der Waals surface area (Å²) in [6.07, 6.45) is 13.8. The second kappa shape index (κ2) is 6.29. The van der Waals surface area contributed by atoms with Crippen LogP contribution in [-0.4, -0.2) is 18.7 Å². The third kappa shape index (κ3) is 3.51. The summed E-state index contributed by atoms with van der Waals surface area (Å²) in [6.45, 7) is 3.36. The van der Waals surface area contributed by atoms with Crippen molar-refractivity contribution in [1.82, 2.24) is 5.32 Å². The van der Waals surface area contributed by atoms with Crippen LogP contribution in [0.1, 0.15) is 51.9 Å². The Kier molecular flexibility index (Phi) is 4.70. The normalized spacial score (nSPS) is 28.7. The van der Waals surface area contributed by atoms with Crippen molar-refractivity contribution in [3.8, 4) is 0 Å². The fraction of sp³-hybridized carbons (Fsp3) is 0.857. The largest absolute Gasteiger partial charge is 0.497 e. The lowest BCUT2D eigenvalue weighted by Gasteiger charge is -2.30. The second-order valence-electron chi connectivity index (χ2n) is 5.30. The van der Waals surface area contributed by atoms with Crippen LogP contribution in [0.15, 0.2) is 12.3 Å². The second-order valence-corrected chi connectivity index (χ2v) is 5.30. The van der Waals surface area contributed by atoms with E-state index in [1.54, 1.807) is 0 Å². The molecule has 1 unspecified atom stereocenters. The highest BCUT2D eigenvalue weighted by Gasteiger charge is 2.20. The van der Waals surface area contributed by atoms with Crippen molar-refractivity contribution in [2.45, 2.75) is 64.0 Å². The number of rotatable bonds is 4. The Morgan fingerprint density at radius 3 is 2.75 bits per heavy atom. The molecular formula is C14H25NO. The van der Waals surface area contributed by atoms with Crippen LogP contribution in [0.3, 0.4) is 0 Å². The Morgan fingerprint density at radius 2 is 2.06 bits per heavy atom. The van der Waals surface area contributed by atoms with Gasteiger partial charge in [0.05, 0.1) is 6.26 Å². The summed E-state index contributed by atoms with van der Waals surface area (Å²) in [7, 11) is 0. The molecule has 2 nitrogen and oxygen atoms in total. The van der Waals surface area contributed by atoms with Gasteiger partial charge in [0.25, 0.3) is 0 Å².